The van der Waals surface area contributed by atoms with Gasteiger partial charge in [-0.3, -0.25) is 14.4 Å². The molecule has 312 valence electrons. The Kier molecular flexibility index (Phi) is 13.7. The molecule has 0 saturated heterocycles. The zero-order valence-electron chi connectivity index (χ0n) is 35.7. The second-order valence-corrected chi connectivity index (χ2v) is 20.3. The molecule has 0 unspecified atom stereocenters. The van der Waals surface area contributed by atoms with Gasteiger partial charge in [0, 0.05) is 19.4 Å². The zero-order chi connectivity index (χ0) is 40.4. The molecule has 3 amide bonds. The van der Waals surface area contributed by atoms with Crippen LogP contribution in [0.15, 0.2) is 12.2 Å². The first-order valence-electron chi connectivity index (χ1n) is 22.2. The maximum Gasteiger partial charge on any atom is 0.328 e. The number of nitrogens with one attached hydrogen (secondary N) is 2. The number of hydrogen-bond donors (Lipinski definition) is 4. The molecule has 9 nitrogen and oxygen atoms in total. The predicted octanol–water partition coefficient (Wildman–Crippen LogP) is 8.17. The largest absolute Gasteiger partial charge is 0.467 e. The average Bonchev–Trinajstić information content (AvgIpc) is 3.54. The number of aliphatic hydroxyl groups is 1. The number of methoxy groups -OCH3 is 1. The van der Waals surface area contributed by atoms with E-state index < -0.39 is 17.9 Å². The first-order chi connectivity index (χ1) is 25.9. The summed E-state index contributed by atoms with van der Waals surface area (Å²) in [6.07, 6.45) is 18.3. The molecule has 5 fully saturated rings. The quantitative estimate of drug-likeness (QED) is 0.0667. The second-order valence-electron chi connectivity index (χ2n) is 20.3. The standard InChI is InChI=1S/C46H77N3O6/c1-30(2)31-21-26-46(41(54)48-29-15-13-11-9-10-12-14-16-38(52)49-33(40(53)55-8)18-20-37(47)51)28-27-44(6)32(39(31)46)17-19-35-43(5)24-23-36(50)42(3,4)34(43)22-25-45(35,44)7/h31-36,39,50H,1,9-29H2,2-8H3,(H2,47,51)(H,48,54)(H,49,52)/t31-,32+,33-,34-,35+,36-,39+,43-,44+,45+,46-/m0/s1. The molecule has 0 aromatic rings. The topological polar surface area (TPSA) is 148 Å². The van der Waals surface area contributed by atoms with E-state index >= 15 is 0 Å². The minimum absolute atomic E-state index is 0.00720. The fourth-order valence-electron chi connectivity index (χ4n) is 14.1. The molecule has 0 aromatic heterocycles. The number of unbranched alkanes of at least 4 members (excludes halogenated alkanes) is 6. The summed E-state index contributed by atoms with van der Waals surface area (Å²) in [4.78, 5) is 49.9. The molecule has 0 aliphatic heterocycles. The van der Waals surface area contributed by atoms with Crippen LogP contribution in [0.4, 0.5) is 0 Å². The van der Waals surface area contributed by atoms with Gasteiger partial charge in [-0.1, -0.05) is 78.9 Å². The molecule has 9 heteroatoms. The summed E-state index contributed by atoms with van der Waals surface area (Å²) in [5.41, 5.74) is 6.80. The van der Waals surface area contributed by atoms with Crippen molar-refractivity contribution in [2.75, 3.05) is 13.7 Å². The number of aliphatic hydroxyl groups excluding tert-OH is 1. The molecule has 55 heavy (non-hydrogen) atoms. The van der Waals surface area contributed by atoms with E-state index in [0.717, 1.165) is 90.0 Å². The van der Waals surface area contributed by atoms with Gasteiger partial charge in [0.1, 0.15) is 6.04 Å². The van der Waals surface area contributed by atoms with E-state index in [9.17, 15) is 24.3 Å². The molecule has 5 N–H and O–H groups in total. The number of nitrogens with two attached hydrogens (primary N) is 1. The number of carbonyl (C=O) groups is 4. The molecule has 5 aliphatic carbocycles. The van der Waals surface area contributed by atoms with Crippen molar-refractivity contribution >= 4 is 23.7 Å². The maximum absolute atomic E-state index is 14.5. The highest BCUT2D eigenvalue weighted by atomic mass is 16.5. The minimum Gasteiger partial charge on any atom is -0.467 e. The van der Waals surface area contributed by atoms with Gasteiger partial charge in [0.15, 0.2) is 0 Å². The lowest BCUT2D eigenvalue weighted by molar-refractivity contribution is -0.246. The Bertz CT molecular complexity index is 1430. The number of hydrogen-bond acceptors (Lipinski definition) is 6. The molecule has 11 atom stereocenters. The van der Waals surface area contributed by atoms with Crippen LogP contribution in [-0.4, -0.2) is 54.6 Å². The van der Waals surface area contributed by atoms with Crippen molar-refractivity contribution in [1.29, 1.82) is 0 Å². The lowest BCUT2D eigenvalue weighted by Gasteiger charge is -2.72. The fraction of sp³-hybridized carbons (Fsp3) is 0.870. The van der Waals surface area contributed by atoms with Gasteiger partial charge in [-0.25, -0.2) is 4.79 Å². The summed E-state index contributed by atoms with van der Waals surface area (Å²) >= 11 is 0. The lowest BCUT2D eigenvalue weighted by atomic mass is 9.32. The Balaban J connectivity index is 1.10. The van der Waals surface area contributed by atoms with E-state index in [1.54, 1.807) is 0 Å². The van der Waals surface area contributed by atoms with Crippen molar-refractivity contribution in [3.05, 3.63) is 12.2 Å². The summed E-state index contributed by atoms with van der Waals surface area (Å²) in [6, 6.07) is -0.853. The van der Waals surface area contributed by atoms with Gasteiger partial charge in [0.25, 0.3) is 0 Å². The van der Waals surface area contributed by atoms with E-state index in [-0.39, 0.29) is 51.9 Å². The van der Waals surface area contributed by atoms with E-state index in [1.807, 2.05) is 0 Å². The van der Waals surface area contributed by atoms with Crippen molar-refractivity contribution < 1.29 is 29.0 Å². The minimum atomic E-state index is -0.853. The predicted molar refractivity (Wildman–Crippen MR) is 217 cm³/mol. The number of carbonyl (C=O) groups excluding carboxylic acids is 4. The molecule has 5 aliphatic rings. The SMILES string of the molecule is C=C(C)[C@@H]1CC[C@]2(C(=O)NCCCCCCCCCC(=O)N[C@@H](CCC(N)=O)C(=O)OC)CC[C@]3(C)[C@H](CC[C@@H]4[C@@]5(C)CC[C@H](O)C(C)(C)[C@@H]5CC[C@]43C)[C@@H]12. The van der Waals surface area contributed by atoms with Crippen LogP contribution >= 0.6 is 0 Å². The van der Waals surface area contributed by atoms with Crippen molar-refractivity contribution in [3.63, 3.8) is 0 Å². The number of rotatable bonds is 17. The van der Waals surface area contributed by atoms with Gasteiger partial charge in [0.2, 0.25) is 17.7 Å². The molecular formula is C46H77N3O6. The number of ether oxygens (including phenoxy) is 1. The number of allylic oxidation sites excluding steroid dienone is 1. The summed E-state index contributed by atoms with van der Waals surface area (Å²) in [5.74, 6) is 1.51. The lowest BCUT2D eigenvalue weighted by Crippen LogP contribution is -2.67. The third-order valence-corrected chi connectivity index (χ3v) is 17.4. The summed E-state index contributed by atoms with van der Waals surface area (Å²) in [7, 11) is 1.26. The summed E-state index contributed by atoms with van der Waals surface area (Å²) in [6.45, 7) is 20.0. The van der Waals surface area contributed by atoms with Crippen molar-refractivity contribution in [2.24, 2.45) is 62.4 Å². The molecule has 5 rings (SSSR count). The van der Waals surface area contributed by atoms with Crippen LogP contribution in [0.5, 0.6) is 0 Å². The fourth-order valence-corrected chi connectivity index (χ4v) is 14.1. The van der Waals surface area contributed by atoms with Gasteiger partial charge < -0.3 is 26.2 Å². The highest BCUT2D eigenvalue weighted by Gasteiger charge is 2.71. The Morgan fingerprint density at radius 2 is 1.47 bits per heavy atom. The molecule has 5 saturated carbocycles. The summed E-state index contributed by atoms with van der Waals surface area (Å²) < 4.78 is 4.75. The molecule has 0 aromatic carbocycles. The van der Waals surface area contributed by atoms with E-state index in [1.165, 1.54) is 38.4 Å². The van der Waals surface area contributed by atoms with Gasteiger partial charge >= 0.3 is 5.97 Å². The van der Waals surface area contributed by atoms with Gasteiger partial charge in [-0.05, 0) is 142 Å². The Labute approximate surface area is 332 Å². The van der Waals surface area contributed by atoms with Crippen molar-refractivity contribution in [3.8, 4) is 0 Å². The van der Waals surface area contributed by atoms with Crippen LogP contribution in [0.2, 0.25) is 0 Å². The van der Waals surface area contributed by atoms with Crippen LogP contribution < -0.4 is 16.4 Å². The first-order valence-corrected chi connectivity index (χ1v) is 22.2. The maximum atomic E-state index is 14.5. The van der Waals surface area contributed by atoms with Crippen LogP contribution in [0, 0.1) is 56.7 Å². The smallest absolute Gasteiger partial charge is 0.328 e. The zero-order valence-corrected chi connectivity index (χ0v) is 35.7. The molecule has 0 bridgehead atoms. The number of primary amides is 1. The van der Waals surface area contributed by atoms with Crippen molar-refractivity contribution in [2.45, 2.75) is 182 Å². The molecule has 0 heterocycles. The Morgan fingerprint density at radius 1 is 0.800 bits per heavy atom. The number of amides is 3. The molecular weight excluding hydrogens is 691 g/mol. The normalized spacial score (nSPS) is 38.0. The Morgan fingerprint density at radius 3 is 2.13 bits per heavy atom. The van der Waals surface area contributed by atoms with Gasteiger partial charge in [-0.2, -0.15) is 0 Å². The highest BCUT2D eigenvalue weighted by Crippen LogP contribution is 2.77. The van der Waals surface area contributed by atoms with Crippen molar-refractivity contribution in [1.82, 2.24) is 10.6 Å². The summed E-state index contributed by atoms with van der Waals surface area (Å²) in [5, 5.41) is 17.2. The van der Waals surface area contributed by atoms with Crippen LogP contribution in [0.1, 0.15) is 170 Å². The number of fused-ring (bicyclic) bond motifs is 7. The van der Waals surface area contributed by atoms with E-state index in [2.05, 4.69) is 58.8 Å². The average molecular weight is 768 g/mol. The van der Waals surface area contributed by atoms with Gasteiger partial charge in [0.05, 0.1) is 18.6 Å². The monoisotopic (exact) mass is 768 g/mol. The first kappa shape index (κ1) is 43.7. The molecule has 0 radical (unpaired) electrons. The highest BCUT2D eigenvalue weighted by molar-refractivity contribution is 5.85. The van der Waals surface area contributed by atoms with Crippen LogP contribution in [-0.2, 0) is 23.9 Å². The third-order valence-electron chi connectivity index (χ3n) is 17.4. The van der Waals surface area contributed by atoms with Crippen LogP contribution in [0.3, 0.4) is 0 Å². The second kappa shape index (κ2) is 17.2. The molecule has 0 spiro atoms. The number of esters is 1. The third kappa shape index (κ3) is 8.17. The van der Waals surface area contributed by atoms with Crippen LogP contribution in [0.25, 0.3) is 0 Å². The van der Waals surface area contributed by atoms with E-state index in [0.29, 0.717) is 41.9 Å². The van der Waals surface area contributed by atoms with Gasteiger partial charge in [-0.15, -0.1) is 0 Å². The van der Waals surface area contributed by atoms with E-state index in [4.69, 9.17) is 10.5 Å². The Hall–Kier alpha value is -2.42.